The van der Waals surface area contributed by atoms with Gasteiger partial charge in [0.2, 0.25) is 0 Å². The SMILES string of the molecule is C#CCOc1c(CNC2CCCCC2)cccc1OC.Cl. The Bertz CT molecular complexity index is 464. The molecule has 0 radical (unpaired) electrons. The highest BCUT2D eigenvalue weighted by Gasteiger charge is 2.15. The van der Waals surface area contributed by atoms with Crippen LogP contribution in [0.15, 0.2) is 18.2 Å². The van der Waals surface area contributed by atoms with Crippen molar-refractivity contribution < 1.29 is 9.47 Å². The molecule has 0 heterocycles. The van der Waals surface area contributed by atoms with Crippen LogP contribution in [0, 0.1) is 12.3 Å². The number of nitrogens with one attached hydrogen (secondary N) is 1. The maximum Gasteiger partial charge on any atom is 0.167 e. The van der Waals surface area contributed by atoms with Crippen molar-refractivity contribution in [2.45, 2.75) is 44.7 Å². The summed E-state index contributed by atoms with van der Waals surface area (Å²) in [6.45, 7) is 1.05. The molecule has 0 aliphatic heterocycles. The van der Waals surface area contributed by atoms with Gasteiger partial charge in [-0.25, -0.2) is 0 Å². The minimum atomic E-state index is 0. The highest BCUT2D eigenvalue weighted by atomic mass is 35.5. The Morgan fingerprint density at radius 1 is 1.29 bits per heavy atom. The summed E-state index contributed by atoms with van der Waals surface area (Å²) in [5, 5.41) is 3.62. The lowest BCUT2D eigenvalue weighted by molar-refractivity contribution is 0.322. The van der Waals surface area contributed by atoms with Gasteiger partial charge in [-0.1, -0.05) is 37.3 Å². The molecule has 4 heteroatoms. The predicted octanol–water partition coefficient (Wildman–Crippen LogP) is 3.55. The number of benzene rings is 1. The first-order chi connectivity index (χ1) is 9.85. The monoisotopic (exact) mass is 309 g/mol. The summed E-state index contributed by atoms with van der Waals surface area (Å²) < 4.78 is 11.0. The second kappa shape index (κ2) is 9.55. The summed E-state index contributed by atoms with van der Waals surface area (Å²) in [7, 11) is 1.65. The molecular formula is C17H24ClNO2. The fraction of sp³-hybridized carbons (Fsp3) is 0.529. The third kappa shape index (κ3) is 5.15. The van der Waals surface area contributed by atoms with E-state index in [1.54, 1.807) is 7.11 Å². The van der Waals surface area contributed by atoms with E-state index in [2.05, 4.69) is 17.3 Å². The molecule has 1 aliphatic rings. The third-order valence-corrected chi connectivity index (χ3v) is 3.77. The zero-order valence-corrected chi connectivity index (χ0v) is 13.4. The van der Waals surface area contributed by atoms with Crippen molar-refractivity contribution in [1.82, 2.24) is 5.32 Å². The number of terminal acetylenes is 1. The van der Waals surface area contributed by atoms with Crippen LogP contribution in [0.3, 0.4) is 0 Å². The first-order valence-electron chi connectivity index (χ1n) is 7.30. The predicted molar refractivity (Wildman–Crippen MR) is 88.3 cm³/mol. The second-order valence-corrected chi connectivity index (χ2v) is 5.16. The Morgan fingerprint density at radius 3 is 2.71 bits per heavy atom. The molecule has 1 saturated carbocycles. The van der Waals surface area contributed by atoms with E-state index >= 15 is 0 Å². The number of hydrogen-bond acceptors (Lipinski definition) is 3. The van der Waals surface area contributed by atoms with Gasteiger partial charge >= 0.3 is 0 Å². The van der Waals surface area contributed by atoms with Gasteiger partial charge in [-0.05, 0) is 18.9 Å². The largest absolute Gasteiger partial charge is 0.493 e. The van der Waals surface area contributed by atoms with Gasteiger partial charge in [0.15, 0.2) is 11.5 Å². The van der Waals surface area contributed by atoms with Gasteiger partial charge in [-0.2, -0.15) is 0 Å². The fourth-order valence-corrected chi connectivity index (χ4v) is 2.70. The number of para-hydroxylation sites is 1. The lowest BCUT2D eigenvalue weighted by atomic mass is 9.95. The van der Waals surface area contributed by atoms with Crippen molar-refractivity contribution in [3.63, 3.8) is 0 Å². The molecule has 0 saturated heterocycles. The maximum atomic E-state index is 5.65. The fourth-order valence-electron chi connectivity index (χ4n) is 2.70. The highest BCUT2D eigenvalue weighted by Crippen LogP contribution is 2.31. The standard InChI is InChI=1S/C17H23NO2.ClH/c1-3-12-20-17-14(8-7-11-16(17)19-2)13-18-15-9-5-4-6-10-15;/h1,7-8,11,15,18H,4-6,9-10,12-13H2,2H3;1H. The number of halogens is 1. The molecule has 3 nitrogen and oxygen atoms in total. The summed E-state index contributed by atoms with van der Waals surface area (Å²) in [4.78, 5) is 0. The molecule has 1 fully saturated rings. The van der Waals surface area contributed by atoms with E-state index in [1.807, 2.05) is 12.1 Å². The minimum absolute atomic E-state index is 0. The molecule has 21 heavy (non-hydrogen) atoms. The van der Waals surface area contributed by atoms with Crippen LogP contribution < -0.4 is 14.8 Å². The van der Waals surface area contributed by atoms with Crippen LogP contribution in [0.1, 0.15) is 37.7 Å². The third-order valence-electron chi connectivity index (χ3n) is 3.77. The molecule has 1 aliphatic carbocycles. The smallest absolute Gasteiger partial charge is 0.167 e. The molecule has 2 rings (SSSR count). The van der Waals surface area contributed by atoms with Gasteiger partial charge in [0, 0.05) is 18.2 Å². The van der Waals surface area contributed by atoms with Crippen LogP contribution in [0.5, 0.6) is 11.5 Å². The number of ether oxygens (including phenoxy) is 2. The maximum absolute atomic E-state index is 5.65. The molecule has 1 N–H and O–H groups in total. The lowest BCUT2D eigenvalue weighted by Gasteiger charge is -2.23. The Balaban J connectivity index is 0.00000220. The average Bonchev–Trinajstić information content (AvgIpc) is 2.52. The Labute approximate surface area is 133 Å². The van der Waals surface area contributed by atoms with Crippen LogP contribution in [0.2, 0.25) is 0 Å². The van der Waals surface area contributed by atoms with E-state index in [0.29, 0.717) is 6.04 Å². The van der Waals surface area contributed by atoms with E-state index in [1.165, 1.54) is 32.1 Å². The van der Waals surface area contributed by atoms with Crippen LogP contribution >= 0.6 is 12.4 Å². The molecule has 1 aromatic carbocycles. The van der Waals surface area contributed by atoms with Crippen molar-refractivity contribution in [2.24, 2.45) is 0 Å². The van der Waals surface area contributed by atoms with Crippen LogP contribution in [-0.2, 0) is 6.54 Å². The number of rotatable bonds is 6. The second-order valence-electron chi connectivity index (χ2n) is 5.16. The quantitative estimate of drug-likeness (QED) is 0.815. The van der Waals surface area contributed by atoms with Crippen molar-refractivity contribution in [3.05, 3.63) is 23.8 Å². The van der Waals surface area contributed by atoms with Crippen molar-refractivity contribution >= 4 is 12.4 Å². The summed E-state index contributed by atoms with van der Waals surface area (Å²) >= 11 is 0. The molecule has 0 spiro atoms. The molecule has 0 aromatic heterocycles. The zero-order valence-electron chi connectivity index (χ0n) is 12.6. The molecule has 0 bridgehead atoms. The van der Waals surface area contributed by atoms with E-state index in [-0.39, 0.29) is 19.0 Å². The summed E-state index contributed by atoms with van der Waals surface area (Å²) in [5.74, 6) is 4.00. The van der Waals surface area contributed by atoms with Gasteiger partial charge in [0.1, 0.15) is 6.61 Å². The first kappa shape index (κ1) is 17.7. The van der Waals surface area contributed by atoms with E-state index < -0.39 is 0 Å². The van der Waals surface area contributed by atoms with Gasteiger partial charge in [0.25, 0.3) is 0 Å². The van der Waals surface area contributed by atoms with Crippen molar-refractivity contribution in [1.29, 1.82) is 0 Å². The normalized spacial score (nSPS) is 14.9. The lowest BCUT2D eigenvalue weighted by Crippen LogP contribution is -2.30. The van der Waals surface area contributed by atoms with Crippen LogP contribution in [0.4, 0.5) is 0 Å². The molecule has 0 atom stereocenters. The molecular weight excluding hydrogens is 286 g/mol. The summed E-state index contributed by atoms with van der Waals surface area (Å²) in [5.41, 5.74) is 1.10. The van der Waals surface area contributed by atoms with Gasteiger partial charge in [-0.3, -0.25) is 0 Å². The van der Waals surface area contributed by atoms with E-state index in [4.69, 9.17) is 15.9 Å². The zero-order chi connectivity index (χ0) is 14.2. The molecule has 0 amide bonds. The topological polar surface area (TPSA) is 30.5 Å². The van der Waals surface area contributed by atoms with E-state index in [0.717, 1.165) is 23.6 Å². The summed E-state index contributed by atoms with van der Waals surface area (Å²) in [6.07, 6.45) is 11.8. The average molecular weight is 310 g/mol. The van der Waals surface area contributed by atoms with Gasteiger partial charge in [0.05, 0.1) is 7.11 Å². The molecule has 0 unspecified atom stereocenters. The van der Waals surface area contributed by atoms with Crippen LogP contribution in [0.25, 0.3) is 0 Å². The van der Waals surface area contributed by atoms with Gasteiger partial charge in [-0.15, -0.1) is 18.8 Å². The Morgan fingerprint density at radius 2 is 2.05 bits per heavy atom. The van der Waals surface area contributed by atoms with Crippen LogP contribution in [-0.4, -0.2) is 19.8 Å². The Kier molecular flexibility index (Phi) is 8.04. The number of hydrogen-bond donors (Lipinski definition) is 1. The highest BCUT2D eigenvalue weighted by molar-refractivity contribution is 5.85. The minimum Gasteiger partial charge on any atom is -0.493 e. The first-order valence-corrected chi connectivity index (χ1v) is 7.30. The number of methoxy groups -OCH3 is 1. The van der Waals surface area contributed by atoms with Crippen molar-refractivity contribution in [2.75, 3.05) is 13.7 Å². The molecule has 1 aromatic rings. The van der Waals surface area contributed by atoms with Crippen molar-refractivity contribution in [3.8, 4) is 23.8 Å². The summed E-state index contributed by atoms with van der Waals surface area (Å²) in [6, 6.07) is 6.56. The molecule has 116 valence electrons. The van der Waals surface area contributed by atoms with E-state index in [9.17, 15) is 0 Å². The van der Waals surface area contributed by atoms with Gasteiger partial charge < -0.3 is 14.8 Å². The Hall–Kier alpha value is -1.37.